The van der Waals surface area contributed by atoms with E-state index in [4.69, 9.17) is 0 Å². The van der Waals surface area contributed by atoms with Gasteiger partial charge in [-0.05, 0) is 30.7 Å². The Hall–Kier alpha value is -3.20. The maximum absolute atomic E-state index is 13.6. The van der Waals surface area contributed by atoms with Gasteiger partial charge in [-0.2, -0.15) is 0 Å². The van der Waals surface area contributed by atoms with Gasteiger partial charge >= 0.3 is 6.03 Å². The van der Waals surface area contributed by atoms with Gasteiger partial charge in [0.25, 0.3) is 0 Å². The summed E-state index contributed by atoms with van der Waals surface area (Å²) in [5.74, 6) is -1.98. The van der Waals surface area contributed by atoms with Crippen LogP contribution >= 0.6 is 0 Å². The highest BCUT2D eigenvalue weighted by molar-refractivity contribution is 7.91. The van der Waals surface area contributed by atoms with Crippen LogP contribution in [0.25, 0.3) is 10.8 Å². The van der Waals surface area contributed by atoms with Crippen molar-refractivity contribution in [1.82, 2.24) is 5.32 Å². The first-order valence-corrected chi connectivity index (χ1v) is 11.3. The number of benzene rings is 3. The molecule has 0 bridgehead atoms. The molecule has 0 aliphatic heterocycles. The van der Waals surface area contributed by atoms with Gasteiger partial charge in [0.1, 0.15) is 17.3 Å². The molecule has 0 unspecified atom stereocenters. The van der Waals surface area contributed by atoms with Crippen molar-refractivity contribution in [1.29, 1.82) is 0 Å². The van der Waals surface area contributed by atoms with Crippen molar-refractivity contribution < 1.29 is 22.0 Å². The summed E-state index contributed by atoms with van der Waals surface area (Å²) < 4.78 is 53.0. The Bertz CT molecular complexity index is 1190. The van der Waals surface area contributed by atoms with Crippen LogP contribution in [0.15, 0.2) is 59.5 Å². The van der Waals surface area contributed by atoms with Crippen molar-refractivity contribution in [3.8, 4) is 0 Å². The van der Waals surface area contributed by atoms with Crippen LogP contribution in [0.5, 0.6) is 0 Å². The largest absolute Gasteiger partial charge is 0.377 e. The van der Waals surface area contributed by atoms with E-state index in [2.05, 4.69) is 10.6 Å². The average molecular weight is 448 g/mol. The van der Waals surface area contributed by atoms with Crippen LogP contribution in [0.1, 0.15) is 6.42 Å². The minimum Gasteiger partial charge on any atom is -0.377 e. The van der Waals surface area contributed by atoms with Crippen LogP contribution in [0.4, 0.5) is 25.0 Å². The van der Waals surface area contributed by atoms with E-state index in [1.54, 1.807) is 18.2 Å². The van der Waals surface area contributed by atoms with Crippen LogP contribution in [0.3, 0.4) is 0 Å². The minimum atomic E-state index is -3.61. The van der Waals surface area contributed by atoms with Gasteiger partial charge in [0.05, 0.1) is 10.6 Å². The molecule has 0 spiro atoms. The number of sulfone groups is 1. The van der Waals surface area contributed by atoms with Crippen LogP contribution in [-0.4, -0.2) is 40.8 Å². The first kappa shape index (κ1) is 22.5. The van der Waals surface area contributed by atoms with Crippen molar-refractivity contribution >= 4 is 38.0 Å². The van der Waals surface area contributed by atoms with Gasteiger partial charge in [-0.15, -0.1) is 0 Å². The first-order chi connectivity index (χ1) is 14.7. The zero-order valence-corrected chi connectivity index (χ0v) is 18.0. The third-order valence-electron chi connectivity index (χ3n) is 4.75. The highest BCUT2D eigenvalue weighted by Gasteiger charge is 2.19. The number of anilines is 2. The van der Waals surface area contributed by atoms with E-state index in [1.165, 1.54) is 6.07 Å². The molecule has 0 saturated carbocycles. The van der Waals surface area contributed by atoms with Crippen LogP contribution in [0, 0.1) is 11.6 Å². The van der Waals surface area contributed by atoms with E-state index in [0.29, 0.717) is 5.39 Å². The summed E-state index contributed by atoms with van der Waals surface area (Å²) in [7, 11) is 0.168. The number of nitrogens with zero attached hydrogens (tertiary/aromatic N) is 1. The monoisotopic (exact) mass is 447 g/mol. The number of hydrogen-bond donors (Lipinski definition) is 2. The van der Waals surface area contributed by atoms with Gasteiger partial charge in [-0.25, -0.2) is 22.0 Å². The number of halogens is 2. The van der Waals surface area contributed by atoms with E-state index < -0.39 is 33.2 Å². The molecule has 0 atom stereocenters. The van der Waals surface area contributed by atoms with E-state index in [-0.39, 0.29) is 23.6 Å². The first-order valence-electron chi connectivity index (χ1n) is 9.61. The molecule has 3 aromatic carbocycles. The zero-order chi connectivity index (χ0) is 22.6. The molecule has 0 heterocycles. The molecule has 2 amide bonds. The second-order valence-corrected chi connectivity index (χ2v) is 9.25. The lowest BCUT2D eigenvalue weighted by Crippen LogP contribution is -2.31. The topological polar surface area (TPSA) is 78.5 Å². The Balaban J connectivity index is 1.65. The molecule has 6 nitrogen and oxygen atoms in total. The van der Waals surface area contributed by atoms with E-state index in [1.807, 2.05) is 37.2 Å². The lowest BCUT2D eigenvalue weighted by atomic mass is 10.1. The summed E-state index contributed by atoms with van der Waals surface area (Å²) in [6.45, 7) is 0.0227. The van der Waals surface area contributed by atoms with Crippen molar-refractivity contribution in [2.75, 3.05) is 36.6 Å². The molecule has 0 fully saturated rings. The predicted octanol–water partition coefficient (Wildman–Crippen LogP) is 4.17. The zero-order valence-electron chi connectivity index (χ0n) is 17.2. The molecule has 0 aliphatic rings. The van der Waals surface area contributed by atoms with E-state index in [9.17, 15) is 22.0 Å². The van der Waals surface area contributed by atoms with E-state index >= 15 is 0 Å². The summed E-state index contributed by atoms with van der Waals surface area (Å²) >= 11 is 0. The number of para-hydroxylation sites is 1. The number of hydrogen-bond acceptors (Lipinski definition) is 4. The fraction of sp³-hybridized carbons (Fsp3) is 0.227. The molecule has 2 N–H and O–H groups in total. The number of nitrogens with one attached hydrogen (secondary N) is 2. The van der Waals surface area contributed by atoms with Gasteiger partial charge in [-0.3, -0.25) is 0 Å². The molecule has 9 heteroatoms. The van der Waals surface area contributed by atoms with Crippen molar-refractivity contribution in [2.45, 2.75) is 11.3 Å². The molecule has 164 valence electrons. The lowest BCUT2D eigenvalue weighted by molar-refractivity contribution is 0.252. The molecule has 3 aromatic rings. The summed E-state index contributed by atoms with van der Waals surface area (Å²) in [5.41, 5.74) is 0.355. The lowest BCUT2D eigenvalue weighted by Gasteiger charge is -2.17. The van der Waals surface area contributed by atoms with Gasteiger partial charge < -0.3 is 15.5 Å². The Morgan fingerprint density at radius 3 is 2.23 bits per heavy atom. The molecule has 0 aromatic heterocycles. The molecule has 0 radical (unpaired) electrons. The summed E-state index contributed by atoms with van der Waals surface area (Å²) in [6.07, 6.45) is 0.138. The Kier molecular flexibility index (Phi) is 6.74. The number of carbonyl (C=O) groups is 1. The maximum atomic E-state index is 13.6. The van der Waals surface area contributed by atoms with Crippen LogP contribution in [0.2, 0.25) is 0 Å². The Morgan fingerprint density at radius 1 is 0.935 bits per heavy atom. The highest BCUT2D eigenvalue weighted by atomic mass is 32.2. The van der Waals surface area contributed by atoms with Gasteiger partial charge in [0, 0.05) is 37.1 Å². The Labute approximate surface area is 179 Å². The fourth-order valence-corrected chi connectivity index (χ4v) is 4.82. The molecule has 0 aliphatic carbocycles. The molecular weight excluding hydrogens is 424 g/mol. The molecule has 3 rings (SSSR count). The van der Waals surface area contributed by atoms with Crippen LogP contribution in [-0.2, 0) is 9.84 Å². The maximum Gasteiger partial charge on any atom is 0.319 e. The number of amides is 2. The number of carbonyl (C=O) groups excluding carboxylic acids is 1. The molecular formula is C22H23F2N3O3S. The summed E-state index contributed by atoms with van der Waals surface area (Å²) in [6, 6.07) is 13.1. The van der Waals surface area contributed by atoms with Crippen molar-refractivity contribution in [3.05, 3.63) is 66.2 Å². The highest BCUT2D eigenvalue weighted by Crippen LogP contribution is 2.30. The van der Waals surface area contributed by atoms with Crippen molar-refractivity contribution in [3.63, 3.8) is 0 Å². The standard InChI is InChI=1S/C22H23F2N3O3S/c1-27(2)19-11-3-8-16-15(19)7-4-12-20(16)31(29,30)14-6-13-25-22(28)26-21-17(23)9-5-10-18(21)24/h3-5,7-12H,6,13-14H2,1-2H3,(H2,25,26,28). The third kappa shape index (κ3) is 5.11. The summed E-state index contributed by atoms with van der Waals surface area (Å²) in [5, 5.41) is 5.98. The minimum absolute atomic E-state index is 0.0227. The van der Waals surface area contributed by atoms with Gasteiger partial charge in [0.15, 0.2) is 9.84 Å². The predicted molar refractivity (Wildman–Crippen MR) is 118 cm³/mol. The SMILES string of the molecule is CN(C)c1cccc2c(S(=O)(=O)CCCNC(=O)Nc3c(F)cccc3F)cccc12. The van der Waals surface area contributed by atoms with Crippen LogP contribution < -0.4 is 15.5 Å². The normalized spacial score (nSPS) is 11.4. The second-order valence-electron chi connectivity index (χ2n) is 7.17. The second kappa shape index (κ2) is 9.30. The Morgan fingerprint density at radius 2 is 1.55 bits per heavy atom. The smallest absolute Gasteiger partial charge is 0.319 e. The fourth-order valence-electron chi connectivity index (χ4n) is 3.27. The third-order valence-corrected chi connectivity index (χ3v) is 6.60. The number of fused-ring (bicyclic) bond motifs is 1. The summed E-state index contributed by atoms with van der Waals surface area (Å²) in [4.78, 5) is 14.0. The molecule has 0 saturated heterocycles. The van der Waals surface area contributed by atoms with Gasteiger partial charge in [0.2, 0.25) is 0 Å². The van der Waals surface area contributed by atoms with E-state index in [0.717, 1.165) is 23.2 Å². The average Bonchev–Trinajstić information content (AvgIpc) is 2.73. The molecule has 31 heavy (non-hydrogen) atoms. The number of rotatable bonds is 7. The van der Waals surface area contributed by atoms with Gasteiger partial charge in [-0.1, -0.05) is 30.3 Å². The quantitative estimate of drug-likeness (QED) is 0.533. The number of urea groups is 1. The van der Waals surface area contributed by atoms with Crippen molar-refractivity contribution in [2.24, 2.45) is 0 Å².